The SMILES string of the molecule is CCOC(=O)C1=C(C)C2OC(=O)C1(C)C1C(=O)N(c3ccccc3N([O-])O)C(=O)C21. The number of nitrogens with zero attached hydrogens (tertiary/aromatic N) is 2. The van der Waals surface area contributed by atoms with Gasteiger partial charge >= 0.3 is 11.9 Å². The summed E-state index contributed by atoms with van der Waals surface area (Å²) in [6.45, 7) is 4.65. The zero-order chi connectivity index (χ0) is 22.0. The number of anilines is 2. The topological polar surface area (TPSA) is 137 Å². The Bertz CT molecular complexity index is 1020. The molecule has 4 atom stereocenters. The molecule has 30 heavy (non-hydrogen) atoms. The Morgan fingerprint density at radius 1 is 1.30 bits per heavy atom. The smallest absolute Gasteiger partial charge is 0.335 e. The second kappa shape index (κ2) is 6.64. The first-order valence-electron chi connectivity index (χ1n) is 9.38. The fourth-order valence-corrected chi connectivity index (χ4v) is 4.84. The third-order valence-electron chi connectivity index (χ3n) is 6.11. The number of hydrogen-bond acceptors (Lipinski definition) is 9. The van der Waals surface area contributed by atoms with E-state index in [0.29, 0.717) is 5.57 Å². The fourth-order valence-electron chi connectivity index (χ4n) is 4.84. The van der Waals surface area contributed by atoms with E-state index in [2.05, 4.69) is 0 Å². The molecule has 2 saturated heterocycles. The van der Waals surface area contributed by atoms with Gasteiger partial charge in [-0.15, -0.1) is 0 Å². The molecule has 3 aliphatic heterocycles. The predicted molar refractivity (Wildman–Crippen MR) is 101 cm³/mol. The van der Waals surface area contributed by atoms with Crippen molar-refractivity contribution in [1.82, 2.24) is 0 Å². The van der Waals surface area contributed by atoms with Gasteiger partial charge < -0.3 is 19.9 Å². The molecule has 1 aromatic rings. The van der Waals surface area contributed by atoms with Crippen LogP contribution in [0.2, 0.25) is 0 Å². The normalized spacial score (nSPS) is 29.8. The first-order valence-corrected chi connectivity index (χ1v) is 9.38. The molecule has 4 unspecified atom stereocenters. The van der Waals surface area contributed by atoms with Crippen molar-refractivity contribution in [3.63, 3.8) is 0 Å². The van der Waals surface area contributed by atoms with Gasteiger partial charge in [0.15, 0.2) is 0 Å². The van der Waals surface area contributed by atoms with Crippen molar-refractivity contribution in [2.75, 3.05) is 16.7 Å². The molecule has 1 aromatic carbocycles. The van der Waals surface area contributed by atoms with Gasteiger partial charge in [0, 0.05) is 0 Å². The van der Waals surface area contributed by atoms with Gasteiger partial charge in [-0.05, 0) is 38.5 Å². The Kier molecular flexibility index (Phi) is 4.44. The predicted octanol–water partition coefficient (Wildman–Crippen LogP) is 1.31. The second-order valence-electron chi connectivity index (χ2n) is 7.58. The van der Waals surface area contributed by atoms with E-state index in [4.69, 9.17) is 9.47 Å². The van der Waals surface area contributed by atoms with Crippen molar-refractivity contribution < 1.29 is 33.9 Å². The van der Waals surface area contributed by atoms with E-state index in [1.807, 2.05) is 0 Å². The molecule has 3 heterocycles. The van der Waals surface area contributed by atoms with Gasteiger partial charge in [0.1, 0.15) is 11.5 Å². The monoisotopic (exact) mass is 415 g/mol. The third-order valence-corrected chi connectivity index (χ3v) is 6.11. The minimum atomic E-state index is -1.72. The molecule has 10 nitrogen and oxygen atoms in total. The zero-order valence-electron chi connectivity index (χ0n) is 16.4. The molecular weight excluding hydrogens is 396 g/mol. The van der Waals surface area contributed by atoms with Crippen molar-refractivity contribution in [2.45, 2.75) is 26.9 Å². The van der Waals surface area contributed by atoms with Crippen LogP contribution in [-0.2, 0) is 28.7 Å². The molecule has 2 amide bonds. The minimum Gasteiger partial charge on any atom is -0.733 e. The Labute approximate surface area is 171 Å². The standard InChI is InChI=1S/C20H19N2O8/c1-4-29-18(25)13-9(2)15-12-14(20(13,3)19(26)30-15)17(24)21(16(12)23)10-7-5-6-8-11(10)22(27)28/h5-8,12,14-15,27H,4H2,1-3H3/q-1. The zero-order valence-corrected chi connectivity index (χ0v) is 16.4. The average Bonchev–Trinajstić information content (AvgIpc) is 2.96. The minimum absolute atomic E-state index is 0.0238. The van der Waals surface area contributed by atoms with Crippen LogP contribution < -0.4 is 10.1 Å². The number of imide groups is 1. The fraction of sp³-hybridized carbons (Fsp3) is 0.400. The highest BCUT2D eigenvalue weighted by molar-refractivity contribution is 6.26. The van der Waals surface area contributed by atoms with Crippen LogP contribution in [0.5, 0.6) is 0 Å². The lowest BCUT2D eigenvalue weighted by Gasteiger charge is -2.48. The van der Waals surface area contributed by atoms with E-state index < -0.39 is 52.3 Å². The Balaban J connectivity index is 1.87. The Morgan fingerprint density at radius 2 is 1.97 bits per heavy atom. The summed E-state index contributed by atoms with van der Waals surface area (Å²) in [5, 5.41) is 20.5. The van der Waals surface area contributed by atoms with Gasteiger partial charge in [0.05, 0.1) is 35.4 Å². The number of amides is 2. The summed E-state index contributed by atoms with van der Waals surface area (Å²) < 4.78 is 10.5. The van der Waals surface area contributed by atoms with E-state index in [1.54, 1.807) is 13.8 Å². The molecule has 4 aliphatic rings. The number of hydrogen-bond donors (Lipinski definition) is 1. The molecule has 2 bridgehead atoms. The van der Waals surface area contributed by atoms with Crippen LogP contribution in [0.1, 0.15) is 20.8 Å². The van der Waals surface area contributed by atoms with Crippen LogP contribution in [0, 0.1) is 22.5 Å². The molecule has 0 aromatic heterocycles. The van der Waals surface area contributed by atoms with E-state index in [9.17, 15) is 29.6 Å². The maximum atomic E-state index is 13.4. The highest BCUT2D eigenvalue weighted by Crippen LogP contribution is 2.58. The molecule has 158 valence electrons. The van der Waals surface area contributed by atoms with E-state index in [0.717, 1.165) is 4.90 Å². The van der Waals surface area contributed by atoms with E-state index >= 15 is 0 Å². The second-order valence-corrected chi connectivity index (χ2v) is 7.58. The molecule has 0 spiro atoms. The van der Waals surface area contributed by atoms with Gasteiger partial charge in [-0.3, -0.25) is 19.6 Å². The van der Waals surface area contributed by atoms with Crippen LogP contribution in [0.25, 0.3) is 0 Å². The summed E-state index contributed by atoms with van der Waals surface area (Å²) in [5.41, 5.74) is -1.76. The van der Waals surface area contributed by atoms with Crippen LogP contribution in [0.15, 0.2) is 35.4 Å². The summed E-state index contributed by atoms with van der Waals surface area (Å²) in [5.74, 6) is -5.21. The van der Waals surface area contributed by atoms with Gasteiger partial charge in [-0.2, -0.15) is 0 Å². The molecule has 0 radical (unpaired) electrons. The van der Waals surface area contributed by atoms with Crippen molar-refractivity contribution >= 4 is 35.1 Å². The molecule has 2 fully saturated rings. The van der Waals surface area contributed by atoms with Crippen LogP contribution in [0.4, 0.5) is 11.4 Å². The Morgan fingerprint density at radius 3 is 2.60 bits per heavy atom. The summed E-state index contributed by atoms with van der Waals surface area (Å²) in [7, 11) is 0. The molecule has 1 aliphatic carbocycles. The van der Waals surface area contributed by atoms with E-state index in [-0.39, 0.29) is 23.6 Å². The Hall–Kier alpha value is -3.24. The summed E-state index contributed by atoms with van der Waals surface area (Å²) >= 11 is 0. The van der Waals surface area contributed by atoms with Crippen LogP contribution in [0.3, 0.4) is 0 Å². The summed E-state index contributed by atoms with van der Waals surface area (Å²) in [4.78, 5) is 52.9. The third kappa shape index (κ3) is 2.37. The molecule has 0 saturated carbocycles. The first-order chi connectivity index (χ1) is 14.2. The van der Waals surface area contributed by atoms with Crippen molar-refractivity contribution in [1.29, 1.82) is 0 Å². The maximum Gasteiger partial charge on any atom is 0.335 e. The molecule has 5 rings (SSSR count). The van der Waals surface area contributed by atoms with Crippen molar-refractivity contribution in [2.24, 2.45) is 17.3 Å². The lowest BCUT2D eigenvalue weighted by molar-refractivity contribution is -0.184. The van der Waals surface area contributed by atoms with Crippen molar-refractivity contribution in [3.8, 4) is 0 Å². The average molecular weight is 415 g/mol. The highest BCUT2D eigenvalue weighted by Gasteiger charge is 2.71. The van der Waals surface area contributed by atoms with Gasteiger partial charge in [-0.25, -0.2) is 9.69 Å². The number of para-hydroxylation sites is 2. The van der Waals surface area contributed by atoms with Gasteiger partial charge in [0.25, 0.3) is 0 Å². The largest absolute Gasteiger partial charge is 0.733 e. The molecule has 1 N–H and O–H groups in total. The number of ether oxygens (including phenoxy) is 2. The lowest BCUT2D eigenvalue weighted by atomic mass is 9.57. The maximum absolute atomic E-state index is 13.4. The number of benzene rings is 1. The van der Waals surface area contributed by atoms with E-state index in [1.165, 1.54) is 31.2 Å². The first kappa shape index (κ1) is 20.0. The number of esters is 2. The lowest BCUT2D eigenvalue weighted by Crippen LogP contribution is -2.60. The molecular formula is C20H19N2O8-. The van der Waals surface area contributed by atoms with Crippen molar-refractivity contribution in [3.05, 3.63) is 40.6 Å². The summed E-state index contributed by atoms with van der Waals surface area (Å²) in [6, 6.07) is 5.54. The summed E-state index contributed by atoms with van der Waals surface area (Å²) in [6.07, 6.45) is -1.10. The number of carbonyl (C=O) groups is 4. The number of rotatable bonds is 4. The van der Waals surface area contributed by atoms with Gasteiger partial charge in [-0.1, -0.05) is 12.1 Å². The molecule has 10 heteroatoms. The quantitative estimate of drug-likeness (QED) is 0.438. The number of carbonyl (C=O) groups excluding carboxylic acids is 4. The highest BCUT2D eigenvalue weighted by atomic mass is 16.8. The van der Waals surface area contributed by atoms with Crippen LogP contribution >= 0.6 is 0 Å². The van der Waals surface area contributed by atoms with Gasteiger partial charge in [0.2, 0.25) is 11.8 Å². The number of fused-ring (bicyclic) bond motifs is 1. The van der Waals surface area contributed by atoms with Crippen LogP contribution in [-0.4, -0.2) is 41.7 Å².